The van der Waals surface area contributed by atoms with Crippen LogP contribution in [0.1, 0.15) is 23.1 Å². The summed E-state index contributed by atoms with van der Waals surface area (Å²) in [5.74, 6) is -0.429. The van der Waals surface area contributed by atoms with Gasteiger partial charge < -0.3 is 16.4 Å². The Morgan fingerprint density at radius 1 is 1.30 bits per heavy atom. The van der Waals surface area contributed by atoms with Crippen molar-refractivity contribution in [2.75, 3.05) is 11.1 Å². The van der Waals surface area contributed by atoms with Crippen molar-refractivity contribution in [2.24, 2.45) is 0 Å². The number of nitrogens with two attached hydrogens (primary N) is 1. The molecule has 0 radical (unpaired) electrons. The van der Waals surface area contributed by atoms with Crippen molar-refractivity contribution >= 4 is 23.5 Å². The largest absolute Gasteiger partial charge is 0.366 e. The van der Waals surface area contributed by atoms with Crippen LogP contribution in [0, 0.1) is 0 Å². The van der Waals surface area contributed by atoms with Crippen LogP contribution in [-0.4, -0.2) is 27.0 Å². The van der Waals surface area contributed by atoms with Gasteiger partial charge in [-0.25, -0.2) is 0 Å². The maximum atomic E-state index is 11.7. The molecule has 1 aromatic carbocycles. The van der Waals surface area contributed by atoms with E-state index in [0.717, 1.165) is 5.56 Å². The fourth-order valence-corrected chi connectivity index (χ4v) is 1.55. The molecule has 2 amide bonds. The van der Waals surface area contributed by atoms with Crippen molar-refractivity contribution in [3.05, 3.63) is 35.7 Å². The van der Waals surface area contributed by atoms with E-state index in [1.54, 1.807) is 24.3 Å². The molecule has 20 heavy (non-hydrogen) atoms. The van der Waals surface area contributed by atoms with E-state index >= 15 is 0 Å². The smallest absolute Gasteiger partial charge is 0.288 e. The molecule has 0 unspecified atom stereocenters. The number of nitrogens with one attached hydrogen (secondary N) is 3. The van der Waals surface area contributed by atoms with Gasteiger partial charge in [0.05, 0.1) is 0 Å². The molecule has 0 saturated carbocycles. The summed E-state index contributed by atoms with van der Waals surface area (Å²) in [6.07, 6.45) is 0. The molecule has 0 aliphatic heterocycles. The molecule has 5 N–H and O–H groups in total. The summed E-state index contributed by atoms with van der Waals surface area (Å²) in [4.78, 5) is 26.3. The van der Waals surface area contributed by atoms with Crippen molar-refractivity contribution < 1.29 is 9.59 Å². The first kappa shape index (κ1) is 13.5. The fourth-order valence-electron chi connectivity index (χ4n) is 1.55. The van der Waals surface area contributed by atoms with Gasteiger partial charge in [0.15, 0.2) is 0 Å². The molecule has 104 valence electrons. The lowest BCUT2D eigenvalue weighted by Gasteiger charge is -2.05. The summed E-state index contributed by atoms with van der Waals surface area (Å²) < 4.78 is 0. The van der Waals surface area contributed by atoms with Gasteiger partial charge in [-0.1, -0.05) is 12.1 Å². The zero-order chi connectivity index (χ0) is 14.5. The van der Waals surface area contributed by atoms with E-state index in [9.17, 15) is 9.59 Å². The molecular formula is C12H14N6O2. The van der Waals surface area contributed by atoms with Crippen LogP contribution in [0.2, 0.25) is 0 Å². The first-order valence-electron chi connectivity index (χ1n) is 5.87. The molecule has 0 aliphatic rings. The monoisotopic (exact) mass is 274 g/mol. The molecule has 8 nitrogen and oxygen atoms in total. The summed E-state index contributed by atoms with van der Waals surface area (Å²) in [7, 11) is 0. The van der Waals surface area contributed by atoms with E-state index < -0.39 is 0 Å². The van der Waals surface area contributed by atoms with Gasteiger partial charge >= 0.3 is 0 Å². The van der Waals surface area contributed by atoms with Crippen LogP contribution in [-0.2, 0) is 11.3 Å². The molecule has 0 aliphatic carbocycles. The minimum Gasteiger partial charge on any atom is -0.366 e. The lowest BCUT2D eigenvalue weighted by atomic mass is 10.2. The van der Waals surface area contributed by atoms with Crippen LogP contribution < -0.4 is 16.4 Å². The Labute approximate surface area is 114 Å². The third-order valence-electron chi connectivity index (χ3n) is 2.45. The fraction of sp³-hybridized carbons (Fsp3) is 0.167. The number of nitrogen functional groups attached to an aromatic ring is 1. The first-order chi connectivity index (χ1) is 9.54. The van der Waals surface area contributed by atoms with Crippen LogP contribution in [0.15, 0.2) is 24.3 Å². The summed E-state index contributed by atoms with van der Waals surface area (Å²) in [6.45, 7) is 1.77. The van der Waals surface area contributed by atoms with Gasteiger partial charge in [-0.3, -0.25) is 14.7 Å². The van der Waals surface area contributed by atoms with E-state index in [4.69, 9.17) is 5.73 Å². The number of hydrogen-bond donors (Lipinski definition) is 4. The van der Waals surface area contributed by atoms with Crippen LogP contribution in [0.3, 0.4) is 0 Å². The maximum absolute atomic E-state index is 11.7. The van der Waals surface area contributed by atoms with Crippen molar-refractivity contribution in [3.63, 3.8) is 0 Å². The molecule has 8 heteroatoms. The second-order valence-electron chi connectivity index (χ2n) is 4.10. The van der Waals surface area contributed by atoms with E-state index in [0.29, 0.717) is 12.2 Å². The van der Waals surface area contributed by atoms with Gasteiger partial charge in [-0.05, 0) is 17.7 Å². The van der Waals surface area contributed by atoms with Gasteiger partial charge in [0.1, 0.15) is 0 Å². The van der Waals surface area contributed by atoms with E-state index in [-0.39, 0.29) is 23.6 Å². The van der Waals surface area contributed by atoms with Crippen LogP contribution in [0.4, 0.5) is 11.6 Å². The number of aromatic amines is 1. The second kappa shape index (κ2) is 5.83. The molecule has 0 bridgehead atoms. The Bertz CT molecular complexity index is 619. The van der Waals surface area contributed by atoms with Crippen molar-refractivity contribution in [2.45, 2.75) is 13.5 Å². The Morgan fingerprint density at radius 3 is 2.55 bits per heavy atom. The van der Waals surface area contributed by atoms with Crippen LogP contribution in [0.25, 0.3) is 0 Å². The van der Waals surface area contributed by atoms with Crippen molar-refractivity contribution in [3.8, 4) is 0 Å². The average Bonchev–Trinajstić information content (AvgIpc) is 2.84. The summed E-state index contributed by atoms with van der Waals surface area (Å²) in [5.41, 5.74) is 6.91. The number of aromatic nitrogens is 3. The van der Waals surface area contributed by atoms with E-state index in [2.05, 4.69) is 25.8 Å². The molecule has 2 rings (SSSR count). The number of hydrogen-bond acceptors (Lipinski definition) is 5. The third kappa shape index (κ3) is 3.55. The van der Waals surface area contributed by atoms with Crippen molar-refractivity contribution in [1.29, 1.82) is 0 Å². The normalized spacial score (nSPS) is 10.1. The minimum atomic E-state index is -0.389. The van der Waals surface area contributed by atoms with Crippen molar-refractivity contribution in [1.82, 2.24) is 20.5 Å². The number of carbonyl (C=O) groups is 2. The Morgan fingerprint density at radius 2 is 2.00 bits per heavy atom. The van der Waals surface area contributed by atoms with Gasteiger partial charge in [-0.15, -0.1) is 5.10 Å². The first-order valence-corrected chi connectivity index (χ1v) is 5.87. The zero-order valence-corrected chi connectivity index (χ0v) is 10.8. The lowest BCUT2D eigenvalue weighted by molar-refractivity contribution is -0.114. The molecule has 2 aromatic rings. The quantitative estimate of drug-likeness (QED) is 0.637. The zero-order valence-electron chi connectivity index (χ0n) is 10.8. The Balaban J connectivity index is 1.90. The van der Waals surface area contributed by atoms with Gasteiger partial charge in [-0.2, -0.15) is 4.98 Å². The number of H-pyrrole nitrogens is 1. The number of nitrogens with zero attached hydrogens (tertiary/aromatic N) is 2. The van der Waals surface area contributed by atoms with Gasteiger partial charge in [0, 0.05) is 19.2 Å². The average molecular weight is 274 g/mol. The Hall–Kier alpha value is -2.90. The minimum absolute atomic E-state index is 0.0230. The highest BCUT2D eigenvalue weighted by atomic mass is 16.2. The summed E-state index contributed by atoms with van der Waals surface area (Å²) in [5, 5.41) is 11.3. The van der Waals surface area contributed by atoms with Crippen LogP contribution >= 0.6 is 0 Å². The van der Waals surface area contributed by atoms with Crippen LogP contribution in [0.5, 0.6) is 0 Å². The van der Waals surface area contributed by atoms with Gasteiger partial charge in [0.25, 0.3) is 5.91 Å². The second-order valence-corrected chi connectivity index (χ2v) is 4.10. The molecule has 1 heterocycles. The number of carbonyl (C=O) groups excluding carboxylic acids is 2. The molecule has 0 spiro atoms. The number of benzene rings is 1. The number of anilines is 2. The predicted molar refractivity (Wildman–Crippen MR) is 72.7 cm³/mol. The highest BCUT2D eigenvalue weighted by Gasteiger charge is 2.09. The highest BCUT2D eigenvalue weighted by Crippen LogP contribution is 2.09. The van der Waals surface area contributed by atoms with E-state index in [1.165, 1.54) is 6.92 Å². The molecule has 0 saturated heterocycles. The lowest BCUT2D eigenvalue weighted by Crippen LogP contribution is -2.24. The van der Waals surface area contributed by atoms with Gasteiger partial charge in [0.2, 0.25) is 17.7 Å². The Kier molecular flexibility index (Phi) is 3.94. The topological polar surface area (TPSA) is 126 Å². The SMILES string of the molecule is CC(=O)Nc1ccc(CNC(=O)c2nc(N)n[nH]2)cc1. The molecule has 0 atom stereocenters. The summed E-state index contributed by atoms with van der Waals surface area (Å²) in [6, 6.07) is 7.13. The number of amides is 2. The molecule has 1 aromatic heterocycles. The highest BCUT2D eigenvalue weighted by molar-refractivity contribution is 5.90. The standard InChI is InChI=1S/C12H14N6O2/c1-7(19)15-9-4-2-8(3-5-9)6-14-11(20)10-16-12(13)18-17-10/h2-5H,6H2,1H3,(H,14,20)(H,15,19)(H3,13,16,17,18). The van der Waals surface area contributed by atoms with E-state index in [1.807, 2.05) is 0 Å². The summed E-state index contributed by atoms with van der Waals surface area (Å²) >= 11 is 0. The maximum Gasteiger partial charge on any atom is 0.288 e. The molecular weight excluding hydrogens is 260 g/mol. The number of rotatable bonds is 4. The predicted octanol–water partition coefficient (Wildman–Crippen LogP) is 0.275. The molecule has 0 fully saturated rings. The third-order valence-corrected chi connectivity index (χ3v) is 2.45.